The molecular formula is C10H20O3Si. The normalized spacial score (nSPS) is 15.4. The molecule has 0 aliphatic heterocycles. The molecule has 0 aromatic heterocycles. The standard InChI is InChI=1S/C10H20O3Si/c1-6-9(13-14(3,4)5)7-8(2)10(11)12/h7,9H,6H2,1-5H3,(H,11,12). The van der Waals surface area contributed by atoms with Crippen LogP contribution in [-0.4, -0.2) is 25.5 Å². The lowest BCUT2D eigenvalue weighted by Crippen LogP contribution is -2.31. The number of hydrogen-bond donors (Lipinski definition) is 1. The zero-order valence-electron chi connectivity index (χ0n) is 9.63. The summed E-state index contributed by atoms with van der Waals surface area (Å²) in [5.74, 6) is -0.873. The van der Waals surface area contributed by atoms with E-state index in [0.29, 0.717) is 5.57 Å². The van der Waals surface area contributed by atoms with Crippen LogP contribution in [0, 0.1) is 0 Å². The van der Waals surface area contributed by atoms with Gasteiger partial charge in [-0.1, -0.05) is 6.92 Å². The van der Waals surface area contributed by atoms with Crippen LogP contribution >= 0.6 is 0 Å². The van der Waals surface area contributed by atoms with Gasteiger partial charge in [-0.25, -0.2) is 4.79 Å². The SMILES string of the molecule is CCC(C=C(C)C(=O)O)O[Si](C)(C)C. The number of rotatable bonds is 5. The Labute approximate surface area is 86.9 Å². The zero-order valence-corrected chi connectivity index (χ0v) is 10.6. The van der Waals surface area contributed by atoms with Crippen LogP contribution in [0.4, 0.5) is 0 Å². The molecule has 0 heterocycles. The summed E-state index contributed by atoms with van der Waals surface area (Å²) in [5.41, 5.74) is 0.357. The van der Waals surface area contributed by atoms with E-state index in [0.717, 1.165) is 6.42 Å². The molecule has 0 aliphatic rings. The van der Waals surface area contributed by atoms with E-state index in [-0.39, 0.29) is 6.10 Å². The Morgan fingerprint density at radius 1 is 1.50 bits per heavy atom. The summed E-state index contributed by atoms with van der Waals surface area (Å²) in [5, 5.41) is 8.71. The van der Waals surface area contributed by atoms with Crippen molar-refractivity contribution in [1.82, 2.24) is 0 Å². The van der Waals surface area contributed by atoms with Crippen LogP contribution in [0.25, 0.3) is 0 Å². The maximum absolute atomic E-state index is 10.6. The van der Waals surface area contributed by atoms with E-state index in [9.17, 15) is 4.79 Å². The van der Waals surface area contributed by atoms with Gasteiger partial charge in [-0.15, -0.1) is 0 Å². The van der Waals surface area contributed by atoms with E-state index in [1.54, 1.807) is 13.0 Å². The van der Waals surface area contributed by atoms with Crippen molar-refractivity contribution in [2.45, 2.75) is 46.0 Å². The number of aliphatic carboxylic acids is 1. The third kappa shape index (κ3) is 5.94. The topological polar surface area (TPSA) is 46.5 Å². The third-order valence-corrected chi connectivity index (χ3v) is 2.69. The van der Waals surface area contributed by atoms with Crippen LogP contribution in [0.5, 0.6) is 0 Å². The summed E-state index contributed by atoms with van der Waals surface area (Å²) < 4.78 is 5.81. The van der Waals surface area contributed by atoms with Gasteiger partial charge in [-0.3, -0.25) is 0 Å². The summed E-state index contributed by atoms with van der Waals surface area (Å²) in [7, 11) is -1.58. The van der Waals surface area contributed by atoms with Crippen molar-refractivity contribution >= 4 is 14.3 Å². The van der Waals surface area contributed by atoms with Gasteiger partial charge >= 0.3 is 5.97 Å². The molecule has 0 bridgehead atoms. The molecule has 0 amide bonds. The molecule has 0 saturated heterocycles. The quantitative estimate of drug-likeness (QED) is 0.567. The Bertz CT molecular complexity index is 228. The molecule has 82 valence electrons. The van der Waals surface area contributed by atoms with Gasteiger partial charge in [-0.05, 0) is 39.1 Å². The Morgan fingerprint density at radius 3 is 2.29 bits per heavy atom. The maximum Gasteiger partial charge on any atom is 0.331 e. The maximum atomic E-state index is 10.6. The van der Waals surface area contributed by atoms with Gasteiger partial charge in [0, 0.05) is 5.57 Å². The highest BCUT2D eigenvalue weighted by Gasteiger charge is 2.19. The van der Waals surface area contributed by atoms with E-state index in [1.165, 1.54) is 0 Å². The average molecular weight is 216 g/mol. The largest absolute Gasteiger partial charge is 0.478 e. The van der Waals surface area contributed by atoms with Crippen molar-refractivity contribution in [1.29, 1.82) is 0 Å². The molecule has 0 aliphatic carbocycles. The lowest BCUT2D eigenvalue weighted by molar-refractivity contribution is -0.132. The Balaban J connectivity index is 4.44. The Morgan fingerprint density at radius 2 is 2.00 bits per heavy atom. The fourth-order valence-corrected chi connectivity index (χ4v) is 2.18. The summed E-state index contributed by atoms with van der Waals surface area (Å²) in [6, 6.07) is 0. The second-order valence-electron chi connectivity index (χ2n) is 4.33. The van der Waals surface area contributed by atoms with Crippen molar-refractivity contribution in [2.75, 3.05) is 0 Å². The van der Waals surface area contributed by atoms with Gasteiger partial charge in [0.05, 0.1) is 6.10 Å². The number of carboxylic acid groups (broad SMARTS) is 1. The van der Waals surface area contributed by atoms with Crippen molar-refractivity contribution in [2.24, 2.45) is 0 Å². The molecule has 0 aromatic carbocycles. The highest BCUT2D eigenvalue weighted by molar-refractivity contribution is 6.69. The summed E-state index contributed by atoms with van der Waals surface area (Å²) in [4.78, 5) is 10.6. The first-order valence-electron chi connectivity index (χ1n) is 4.85. The second kappa shape index (κ2) is 5.31. The van der Waals surface area contributed by atoms with Gasteiger partial charge in [0.25, 0.3) is 0 Å². The molecule has 0 radical (unpaired) electrons. The lowest BCUT2D eigenvalue weighted by Gasteiger charge is -2.23. The average Bonchev–Trinajstić information content (AvgIpc) is 2.00. The minimum Gasteiger partial charge on any atom is -0.478 e. The van der Waals surface area contributed by atoms with Gasteiger partial charge < -0.3 is 9.53 Å². The molecule has 1 unspecified atom stereocenters. The van der Waals surface area contributed by atoms with Crippen LogP contribution in [0.3, 0.4) is 0 Å². The predicted molar refractivity (Wildman–Crippen MR) is 59.9 cm³/mol. The lowest BCUT2D eigenvalue weighted by atomic mass is 10.2. The molecule has 3 nitrogen and oxygen atoms in total. The number of carboxylic acids is 1. The fraction of sp³-hybridized carbons (Fsp3) is 0.700. The summed E-state index contributed by atoms with van der Waals surface area (Å²) in [6.45, 7) is 9.88. The molecule has 4 heteroatoms. The van der Waals surface area contributed by atoms with Gasteiger partial charge in [-0.2, -0.15) is 0 Å². The minimum atomic E-state index is -1.58. The Kier molecular flexibility index (Phi) is 5.08. The van der Waals surface area contributed by atoms with Gasteiger partial charge in [0.15, 0.2) is 8.32 Å². The van der Waals surface area contributed by atoms with Gasteiger partial charge in [0.2, 0.25) is 0 Å². The predicted octanol–water partition coefficient (Wildman–Crippen LogP) is 2.65. The molecule has 0 rings (SSSR count). The number of carbonyl (C=O) groups is 1. The van der Waals surface area contributed by atoms with Crippen LogP contribution in [0.15, 0.2) is 11.6 Å². The van der Waals surface area contributed by atoms with Crippen molar-refractivity contribution < 1.29 is 14.3 Å². The van der Waals surface area contributed by atoms with Crippen LogP contribution in [0.2, 0.25) is 19.6 Å². The van der Waals surface area contributed by atoms with Crippen molar-refractivity contribution in [3.05, 3.63) is 11.6 Å². The molecular weight excluding hydrogens is 196 g/mol. The molecule has 14 heavy (non-hydrogen) atoms. The second-order valence-corrected chi connectivity index (χ2v) is 8.79. The molecule has 0 fully saturated rings. The molecule has 1 atom stereocenters. The fourth-order valence-electron chi connectivity index (χ4n) is 1.04. The van der Waals surface area contributed by atoms with E-state index < -0.39 is 14.3 Å². The summed E-state index contributed by atoms with van der Waals surface area (Å²) >= 11 is 0. The highest BCUT2D eigenvalue weighted by atomic mass is 28.4. The third-order valence-electron chi connectivity index (χ3n) is 1.68. The van der Waals surface area contributed by atoms with Crippen LogP contribution in [0.1, 0.15) is 20.3 Å². The first-order valence-corrected chi connectivity index (χ1v) is 8.26. The van der Waals surface area contributed by atoms with Crippen LogP contribution in [-0.2, 0) is 9.22 Å². The monoisotopic (exact) mass is 216 g/mol. The number of hydrogen-bond acceptors (Lipinski definition) is 2. The van der Waals surface area contributed by atoms with Gasteiger partial charge in [0.1, 0.15) is 0 Å². The first-order chi connectivity index (χ1) is 6.26. The van der Waals surface area contributed by atoms with E-state index in [2.05, 4.69) is 19.6 Å². The molecule has 0 aromatic rings. The smallest absolute Gasteiger partial charge is 0.331 e. The zero-order chi connectivity index (χ0) is 11.4. The first kappa shape index (κ1) is 13.4. The molecule has 0 saturated carbocycles. The highest BCUT2D eigenvalue weighted by Crippen LogP contribution is 2.12. The molecule has 0 spiro atoms. The summed E-state index contributed by atoms with van der Waals surface area (Å²) in [6.07, 6.45) is 2.45. The van der Waals surface area contributed by atoms with Crippen molar-refractivity contribution in [3.8, 4) is 0 Å². The molecule has 1 N–H and O–H groups in total. The van der Waals surface area contributed by atoms with Crippen molar-refractivity contribution in [3.63, 3.8) is 0 Å². The minimum absolute atomic E-state index is 0.0576. The van der Waals surface area contributed by atoms with E-state index in [4.69, 9.17) is 9.53 Å². The van der Waals surface area contributed by atoms with Crippen LogP contribution < -0.4 is 0 Å². The van der Waals surface area contributed by atoms with E-state index >= 15 is 0 Å². The van der Waals surface area contributed by atoms with E-state index in [1.807, 2.05) is 6.92 Å². The Hall–Kier alpha value is -0.613.